The van der Waals surface area contributed by atoms with Crippen LogP contribution in [0.4, 0.5) is 5.69 Å². The number of sulfonamides is 1. The van der Waals surface area contributed by atoms with E-state index < -0.39 is 10.0 Å². The zero-order valence-corrected chi connectivity index (χ0v) is 10.9. The van der Waals surface area contributed by atoms with Gasteiger partial charge in [0.05, 0.1) is 16.7 Å². The maximum atomic E-state index is 11.8. The molecule has 0 aliphatic carbocycles. The van der Waals surface area contributed by atoms with E-state index in [1.807, 2.05) is 0 Å². The van der Waals surface area contributed by atoms with Gasteiger partial charge in [-0.05, 0) is 30.7 Å². The normalized spacial score (nSPS) is 11.3. The number of amides is 1. The molecule has 4 N–H and O–H groups in total. The Morgan fingerprint density at radius 3 is 2.68 bits per heavy atom. The Morgan fingerprint density at radius 2 is 2.16 bits per heavy atom. The van der Waals surface area contributed by atoms with Crippen molar-refractivity contribution in [3.63, 3.8) is 0 Å². The lowest BCUT2D eigenvalue weighted by Gasteiger charge is -2.08. The Kier molecular flexibility index (Phi) is 3.36. The van der Waals surface area contributed by atoms with Gasteiger partial charge in [0.1, 0.15) is 0 Å². The number of aromatic nitrogens is 2. The first-order valence-corrected chi connectivity index (χ1v) is 6.86. The average Bonchev–Trinajstić information content (AvgIpc) is 2.84. The third-order valence-corrected chi connectivity index (χ3v) is 3.45. The van der Waals surface area contributed by atoms with E-state index >= 15 is 0 Å². The number of H-pyrrole nitrogens is 1. The van der Waals surface area contributed by atoms with Gasteiger partial charge in [0.25, 0.3) is 5.91 Å². The predicted molar refractivity (Wildman–Crippen MR) is 69.1 cm³/mol. The van der Waals surface area contributed by atoms with Crippen LogP contribution in [-0.2, 0) is 10.0 Å². The molecule has 0 aliphatic rings. The number of nitrogens with one attached hydrogen (secondary N) is 2. The molecule has 7 nitrogen and oxygen atoms in total. The van der Waals surface area contributed by atoms with Crippen LogP contribution in [0.5, 0.6) is 0 Å². The number of anilines is 1. The summed E-state index contributed by atoms with van der Waals surface area (Å²) in [6, 6.07) is 4.24. The number of aryl methyl sites for hydroxylation is 1. The molecule has 2 rings (SSSR count). The van der Waals surface area contributed by atoms with Crippen molar-refractivity contribution in [1.82, 2.24) is 10.2 Å². The van der Waals surface area contributed by atoms with E-state index in [0.717, 1.165) is 0 Å². The molecule has 0 fully saturated rings. The van der Waals surface area contributed by atoms with E-state index in [-0.39, 0.29) is 10.8 Å². The zero-order valence-electron chi connectivity index (χ0n) is 10.0. The average molecular weight is 280 g/mol. The summed E-state index contributed by atoms with van der Waals surface area (Å²) in [4.78, 5) is 11.8. The summed E-state index contributed by atoms with van der Waals surface area (Å²) in [5.74, 6) is -0.333. The fourth-order valence-electron chi connectivity index (χ4n) is 1.52. The smallest absolute Gasteiger partial charge is 0.258 e. The summed E-state index contributed by atoms with van der Waals surface area (Å²) in [6.07, 6.45) is 2.85. The van der Waals surface area contributed by atoms with E-state index in [9.17, 15) is 13.2 Å². The van der Waals surface area contributed by atoms with Crippen molar-refractivity contribution in [2.75, 3.05) is 5.32 Å². The fourth-order valence-corrected chi connectivity index (χ4v) is 2.12. The van der Waals surface area contributed by atoms with Gasteiger partial charge in [-0.3, -0.25) is 9.89 Å². The highest BCUT2D eigenvalue weighted by Gasteiger charge is 2.12. The fraction of sp³-hybridized carbons (Fsp3) is 0.0909. The quantitative estimate of drug-likeness (QED) is 0.763. The Morgan fingerprint density at radius 1 is 1.42 bits per heavy atom. The van der Waals surface area contributed by atoms with Crippen LogP contribution in [0.3, 0.4) is 0 Å². The minimum atomic E-state index is -3.74. The highest BCUT2D eigenvalue weighted by molar-refractivity contribution is 7.89. The Bertz CT molecular complexity index is 708. The number of carbonyl (C=O) groups is 1. The van der Waals surface area contributed by atoms with Gasteiger partial charge in [-0.1, -0.05) is 0 Å². The van der Waals surface area contributed by atoms with Crippen LogP contribution in [-0.4, -0.2) is 24.5 Å². The minimum Gasteiger partial charge on any atom is -0.322 e. The summed E-state index contributed by atoms with van der Waals surface area (Å²) in [5, 5.41) is 13.9. The Balaban J connectivity index is 2.25. The lowest BCUT2D eigenvalue weighted by Crippen LogP contribution is -2.14. The molecule has 1 aromatic heterocycles. The molecule has 2 aromatic rings. The first-order valence-electron chi connectivity index (χ1n) is 5.31. The molecule has 1 heterocycles. The van der Waals surface area contributed by atoms with E-state index in [4.69, 9.17) is 5.14 Å². The Hall–Kier alpha value is -2.19. The topological polar surface area (TPSA) is 118 Å². The van der Waals surface area contributed by atoms with Crippen LogP contribution in [0, 0.1) is 6.92 Å². The van der Waals surface area contributed by atoms with Crippen molar-refractivity contribution in [3.8, 4) is 0 Å². The van der Waals surface area contributed by atoms with Crippen molar-refractivity contribution < 1.29 is 13.2 Å². The van der Waals surface area contributed by atoms with Gasteiger partial charge in [-0.25, -0.2) is 13.6 Å². The summed E-state index contributed by atoms with van der Waals surface area (Å²) in [6.45, 7) is 1.68. The monoisotopic (exact) mass is 280 g/mol. The lowest BCUT2D eigenvalue weighted by atomic mass is 10.2. The van der Waals surface area contributed by atoms with Crippen LogP contribution in [0.15, 0.2) is 35.5 Å². The molecular formula is C11H12N4O3S. The van der Waals surface area contributed by atoms with E-state index in [0.29, 0.717) is 16.8 Å². The van der Waals surface area contributed by atoms with E-state index in [1.54, 1.807) is 6.92 Å². The molecule has 8 heteroatoms. The number of rotatable bonds is 3. The van der Waals surface area contributed by atoms with Gasteiger partial charge in [-0.15, -0.1) is 0 Å². The maximum Gasteiger partial charge on any atom is 0.258 e. The predicted octanol–water partition coefficient (Wildman–Crippen LogP) is 0.618. The van der Waals surface area contributed by atoms with Gasteiger partial charge in [0.15, 0.2) is 0 Å². The number of primary sulfonamides is 1. The van der Waals surface area contributed by atoms with Crippen molar-refractivity contribution in [2.24, 2.45) is 5.14 Å². The second-order valence-electron chi connectivity index (χ2n) is 3.96. The molecule has 0 aliphatic heterocycles. The van der Waals surface area contributed by atoms with Gasteiger partial charge >= 0.3 is 0 Å². The molecule has 0 saturated carbocycles. The molecule has 0 unspecified atom stereocenters. The van der Waals surface area contributed by atoms with Crippen molar-refractivity contribution in [3.05, 3.63) is 41.7 Å². The number of nitrogens with zero attached hydrogens (tertiary/aromatic N) is 1. The number of carbonyl (C=O) groups excluding carboxylic acids is 1. The number of benzene rings is 1. The van der Waals surface area contributed by atoms with Crippen LogP contribution in [0.1, 0.15) is 15.9 Å². The maximum absolute atomic E-state index is 11.8. The molecular weight excluding hydrogens is 268 g/mol. The second-order valence-corrected chi connectivity index (χ2v) is 5.52. The van der Waals surface area contributed by atoms with Crippen LogP contribution >= 0.6 is 0 Å². The SMILES string of the molecule is Cc1cc(S(N)(=O)=O)ccc1NC(=O)c1cn[nH]c1. The van der Waals surface area contributed by atoms with Crippen LogP contribution < -0.4 is 10.5 Å². The molecule has 0 radical (unpaired) electrons. The first kappa shape index (κ1) is 13.2. The molecule has 19 heavy (non-hydrogen) atoms. The molecule has 0 bridgehead atoms. The van der Waals surface area contributed by atoms with Gasteiger partial charge < -0.3 is 5.32 Å². The molecule has 1 amide bonds. The summed E-state index contributed by atoms with van der Waals surface area (Å²) in [5.41, 5.74) is 1.50. The van der Waals surface area contributed by atoms with E-state index in [2.05, 4.69) is 15.5 Å². The summed E-state index contributed by atoms with van der Waals surface area (Å²) >= 11 is 0. The summed E-state index contributed by atoms with van der Waals surface area (Å²) < 4.78 is 22.4. The zero-order chi connectivity index (χ0) is 14.0. The minimum absolute atomic E-state index is 0.00584. The van der Waals surface area contributed by atoms with Crippen LogP contribution in [0.2, 0.25) is 0 Å². The standard InChI is InChI=1S/C11H12N4O3S/c1-7-4-9(19(12,17)18)2-3-10(7)15-11(16)8-5-13-14-6-8/h2-6H,1H3,(H,13,14)(H,15,16)(H2,12,17,18). The van der Waals surface area contributed by atoms with E-state index in [1.165, 1.54) is 30.6 Å². The number of hydrogen-bond acceptors (Lipinski definition) is 4. The van der Waals surface area contributed by atoms with Crippen LogP contribution in [0.25, 0.3) is 0 Å². The largest absolute Gasteiger partial charge is 0.322 e. The highest BCUT2D eigenvalue weighted by Crippen LogP contribution is 2.19. The highest BCUT2D eigenvalue weighted by atomic mass is 32.2. The van der Waals surface area contributed by atoms with Crippen molar-refractivity contribution in [2.45, 2.75) is 11.8 Å². The molecule has 1 aromatic carbocycles. The second kappa shape index (κ2) is 4.82. The third kappa shape index (κ3) is 2.98. The molecule has 0 atom stereocenters. The molecule has 100 valence electrons. The summed E-state index contributed by atoms with van der Waals surface area (Å²) in [7, 11) is -3.74. The molecule has 0 saturated heterocycles. The lowest BCUT2D eigenvalue weighted by molar-refractivity contribution is 0.102. The van der Waals surface area contributed by atoms with Gasteiger partial charge in [0.2, 0.25) is 10.0 Å². The Labute approximate surface area is 109 Å². The third-order valence-electron chi connectivity index (χ3n) is 2.54. The van der Waals surface area contributed by atoms with Gasteiger partial charge in [0, 0.05) is 11.9 Å². The van der Waals surface area contributed by atoms with Gasteiger partial charge in [-0.2, -0.15) is 5.10 Å². The number of aromatic amines is 1. The first-order chi connectivity index (χ1) is 8.88. The molecule has 0 spiro atoms. The van der Waals surface area contributed by atoms with Crippen molar-refractivity contribution in [1.29, 1.82) is 0 Å². The number of nitrogens with two attached hydrogens (primary N) is 1. The number of hydrogen-bond donors (Lipinski definition) is 3. The van der Waals surface area contributed by atoms with Crippen molar-refractivity contribution >= 4 is 21.6 Å².